The van der Waals surface area contributed by atoms with Crippen molar-refractivity contribution in [2.24, 2.45) is 0 Å². The lowest BCUT2D eigenvalue weighted by molar-refractivity contribution is 0.399. The van der Waals surface area contributed by atoms with Crippen LogP contribution in [0, 0.1) is 13.1 Å². The minimum Gasteiger partial charge on any atom is -0.400 e. The highest BCUT2D eigenvalue weighted by atomic mass is 16.2. The molecular weight excluding hydrogens is 649 g/mol. The zero-order valence-electron chi connectivity index (χ0n) is 40.0. The van der Waals surface area contributed by atoms with Crippen LogP contribution in [0.25, 0.3) is 9.69 Å². The average Bonchev–Trinajstić information content (AvgIpc) is 3.18. The van der Waals surface area contributed by atoms with E-state index in [2.05, 4.69) is 40.9 Å². The molecule has 0 rings (SSSR count). The first kappa shape index (κ1) is 236. The first-order chi connectivity index (χ1) is 21.5. The van der Waals surface area contributed by atoms with Crippen LogP contribution >= 0.6 is 0 Å². The number of hydrogen-bond acceptors (Lipinski definition) is 3. The van der Waals surface area contributed by atoms with Gasteiger partial charge in [-0.2, -0.15) is 0 Å². The summed E-state index contributed by atoms with van der Waals surface area (Å²) in [5.74, 6) is 0. The van der Waals surface area contributed by atoms with Crippen molar-refractivity contribution in [1.29, 1.82) is 0 Å². The van der Waals surface area contributed by atoms with Crippen LogP contribution in [-0.4, -0.2) is 65.9 Å². The highest BCUT2D eigenvalue weighted by molar-refractivity contribution is 4.32. The number of rotatable bonds is 1. The van der Waals surface area contributed by atoms with E-state index in [1.807, 2.05) is 208 Å². The van der Waals surface area contributed by atoms with Crippen molar-refractivity contribution in [3.63, 3.8) is 0 Å². The summed E-state index contributed by atoms with van der Waals surface area (Å²) < 4.78 is 0. The van der Waals surface area contributed by atoms with Gasteiger partial charge in [-0.1, -0.05) is 268 Å². The van der Waals surface area contributed by atoms with E-state index in [4.69, 9.17) is 18.3 Å². The largest absolute Gasteiger partial charge is 0.400 e. The van der Waals surface area contributed by atoms with E-state index in [1.54, 1.807) is 0 Å². The van der Waals surface area contributed by atoms with E-state index in [-0.39, 0.29) is 66.8 Å². The summed E-state index contributed by atoms with van der Waals surface area (Å²) in [6.45, 7) is 70.9. The number of nitrogens with zero attached hydrogens (tertiary/aromatic N) is 3. The zero-order chi connectivity index (χ0) is 42.4. The van der Waals surface area contributed by atoms with Crippen molar-refractivity contribution in [3.8, 4) is 0 Å². The van der Waals surface area contributed by atoms with Gasteiger partial charge in [0, 0.05) is 7.11 Å². The second kappa shape index (κ2) is 3680. The van der Waals surface area contributed by atoms with Crippen LogP contribution in [-0.2, 0) is 0 Å². The van der Waals surface area contributed by atoms with Gasteiger partial charge in [0.15, 0.2) is 0 Å². The molecule has 5 heteroatoms. The number of aliphatic hydroxyl groups is 1. The first-order valence-electron chi connectivity index (χ1n) is 18.7. The standard InChI is InChI=1S/C4H11N.C2H7N.2C2H3N.14C2H6.CH4O.9CH4/c1-4-5(2)3;3*1-3-2;15*1-2;;;;;;;;;/h4H2,1-3H3;3H,1-2H3;2*1H3;14*1-2H3;2H,1H3;9*1H4. The summed E-state index contributed by atoms with van der Waals surface area (Å²) in [6.07, 6.45) is 0. The van der Waals surface area contributed by atoms with Gasteiger partial charge in [-0.3, -0.25) is 0 Å². The van der Waals surface area contributed by atoms with E-state index in [9.17, 15) is 0 Å². The Bertz CT molecular complexity index is 133. The van der Waals surface area contributed by atoms with Crippen LogP contribution < -0.4 is 5.32 Å². The van der Waals surface area contributed by atoms with Crippen molar-refractivity contribution in [2.45, 2.75) is 268 Å². The molecule has 0 radical (unpaired) electrons. The van der Waals surface area contributed by atoms with Gasteiger partial charge in [0.2, 0.25) is 14.1 Å². The molecule has 0 aliphatic carbocycles. The lowest BCUT2D eigenvalue weighted by Crippen LogP contribution is -2.08. The Morgan fingerprint density at radius 3 is 0.377 bits per heavy atom. The molecule has 0 amide bonds. The highest BCUT2D eigenvalue weighted by Gasteiger charge is 1.72. The Labute approximate surface area is 360 Å². The van der Waals surface area contributed by atoms with Gasteiger partial charge in [0.25, 0.3) is 0 Å². The van der Waals surface area contributed by atoms with Crippen molar-refractivity contribution < 1.29 is 5.11 Å². The summed E-state index contributed by atoms with van der Waals surface area (Å²) in [4.78, 5) is 7.62. The quantitative estimate of drug-likeness (QED) is 0.260. The lowest BCUT2D eigenvalue weighted by Gasteiger charge is -2.00. The van der Waals surface area contributed by atoms with Gasteiger partial charge in [-0.15, -0.1) is 0 Å². The molecule has 0 unspecified atom stereocenters. The normalized spacial score (nSPS) is 3.25. The van der Waals surface area contributed by atoms with Gasteiger partial charge >= 0.3 is 0 Å². The SMILES string of the molecule is C.C.C.C.C.C.C.C.C.CC.CC.CC.CC.CC.CC.CC.CC.CC.CC.CC.CC.CC.CC.CCN(C)C.CNC.CO.[C-]#[N+]C.[C-]#[N+]C. The van der Waals surface area contributed by atoms with Crippen molar-refractivity contribution >= 4 is 0 Å². The summed E-state index contributed by atoms with van der Waals surface area (Å²) in [7, 11) is 11.7. The molecule has 0 saturated heterocycles. The molecule has 2 N–H and O–H groups in total. The maximum atomic E-state index is 7.00. The predicted octanol–water partition coefficient (Wildman–Crippen LogP) is 21.2. The van der Waals surface area contributed by atoms with E-state index in [0.717, 1.165) is 13.7 Å². The highest BCUT2D eigenvalue weighted by Crippen LogP contribution is 1.63. The Morgan fingerprint density at radius 2 is 0.377 bits per heavy atom. The van der Waals surface area contributed by atoms with Crippen LogP contribution in [0.4, 0.5) is 0 Å². The maximum absolute atomic E-state index is 7.00. The number of aliphatic hydroxyl groups excluding tert-OH is 1. The Hall–Kier alpha value is -1.14. The third-order valence-electron chi connectivity index (χ3n) is 0.632. The predicted molar refractivity (Wildman–Crippen MR) is 292 cm³/mol. The molecule has 0 spiro atoms. The topological polar surface area (TPSA) is 44.2 Å². The van der Waals surface area contributed by atoms with Gasteiger partial charge in [-0.05, 0) is 34.7 Å². The van der Waals surface area contributed by atoms with Crippen molar-refractivity contribution in [3.05, 3.63) is 22.8 Å². The molecule has 0 bridgehead atoms. The molecule has 0 aliphatic heterocycles. The fourth-order valence-electron chi connectivity index (χ4n) is 0. The van der Waals surface area contributed by atoms with Crippen molar-refractivity contribution in [2.75, 3.05) is 55.9 Å². The van der Waals surface area contributed by atoms with Gasteiger partial charge < -0.3 is 25.0 Å². The summed E-state index contributed by atoms with van der Waals surface area (Å²) in [5, 5.41) is 9.75. The second-order valence-corrected chi connectivity index (χ2v) is 2.34. The van der Waals surface area contributed by atoms with Crippen LogP contribution in [0.5, 0.6) is 0 Å². The van der Waals surface area contributed by atoms with E-state index in [0.29, 0.717) is 0 Å². The third kappa shape index (κ3) is 164000. The van der Waals surface area contributed by atoms with Crippen molar-refractivity contribution in [1.82, 2.24) is 10.2 Å². The fraction of sp³-hybridized carbons (Fsp3) is 0.958. The molecule has 0 heterocycles. The molecule has 0 fully saturated rings. The summed E-state index contributed by atoms with van der Waals surface area (Å²) in [5.41, 5.74) is 0. The first-order valence-corrected chi connectivity index (χ1v) is 18.7. The minimum atomic E-state index is 0. The lowest BCUT2D eigenvalue weighted by atomic mass is 10.7. The van der Waals surface area contributed by atoms with E-state index >= 15 is 0 Å². The van der Waals surface area contributed by atoms with E-state index < -0.39 is 0 Å². The molecule has 5 nitrogen and oxygen atoms in total. The smallest absolute Gasteiger partial charge is 0.205 e. The zero-order valence-corrected chi connectivity index (χ0v) is 40.0. The molecular formula is C48H148N4O. The Balaban J connectivity index is -0.00000000478. The van der Waals surface area contributed by atoms with Crippen LogP contribution in [0.1, 0.15) is 268 Å². The third-order valence-corrected chi connectivity index (χ3v) is 0.632. The molecule has 0 atom stereocenters. The molecule has 0 aromatic heterocycles. The molecule has 0 aromatic carbocycles. The van der Waals surface area contributed by atoms with Gasteiger partial charge in [-0.25, -0.2) is 13.1 Å². The van der Waals surface area contributed by atoms with Crippen LogP contribution in [0.2, 0.25) is 0 Å². The average molecular weight is 798 g/mol. The monoisotopic (exact) mass is 797 g/mol. The van der Waals surface area contributed by atoms with Gasteiger partial charge in [0.1, 0.15) is 0 Å². The Morgan fingerprint density at radius 1 is 0.358 bits per heavy atom. The minimum absolute atomic E-state index is 0. The Kier molecular flexibility index (Phi) is 16400. The van der Waals surface area contributed by atoms with Crippen LogP contribution in [0.15, 0.2) is 0 Å². The van der Waals surface area contributed by atoms with Gasteiger partial charge in [0.05, 0.1) is 0 Å². The number of hydrogen-bond donors (Lipinski definition) is 2. The molecule has 0 aromatic rings. The second-order valence-electron chi connectivity index (χ2n) is 2.34. The number of nitrogens with one attached hydrogen (secondary N) is 1. The molecule has 0 saturated carbocycles. The summed E-state index contributed by atoms with van der Waals surface area (Å²) in [6, 6.07) is 0. The molecule has 366 valence electrons. The maximum Gasteiger partial charge on any atom is 0.205 e. The fourth-order valence-corrected chi connectivity index (χ4v) is 0. The molecule has 0 aliphatic rings. The summed E-state index contributed by atoms with van der Waals surface area (Å²) >= 11 is 0. The molecule has 53 heavy (non-hydrogen) atoms. The van der Waals surface area contributed by atoms with Crippen LogP contribution in [0.3, 0.4) is 0 Å². The van der Waals surface area contributed by atoms with E-state index in [1.165, 1.54) is 14.1 Å².